The molecule has 1 saturated heterocycles. The van der Waals surface area contributed by atoms with Crippen molar-refractivity contribution in [3.05, 3.63) is 51.6 Å². The molecule has 0 saturated carbocycles. The van der Waals surface area contributed by atoms with Gasteiger partial charge in [-0.25, -0.2) is 0 Å². The number of nitro groups is 1. The lowest BCUT2D eigenvalue weighted by molar-refractivity contribution is -0.384. The van der Waals surface area contributed by atoms with Crippen LogP contribution in [0.3, 0.4) is 0 Å². The number of nitro benzene ring substituents is 1. The predicted molar refractivity (Wildman–Crippen MR) is 93.7 cm³/mol. The van der Waals surface area contributed by atoms with Gasteiger partial charge < -0.3 is 9.47 Å². The fourth-order valence-electron chi connectivity index (χ4n) is 3.95. The van der Waals surface area contributed by atoms with Gasteiger partial charge in [-0.05, 0) is 31.7 Å². The van der Waals surface area contributed by atoms with E-state index in [0.29, 0.717) is 12.1 Å². The fraction of sp³-hybridized carbons (Fsp3) is 0.500. The van der Waals surface area contributed by atoms with E-state index in [1.54, 1.807) is 17.0 Å². The zero-order valence-electron chi connectivity index (χ0n) is 14.5. The summed E-state index contributed by atoms with van der Waals surface area (Å²) in [7, 11) is 0. The zero-order valence-corrected chi connectivity index (χ0v) is 14.5. The Morgan fingerprint density at radius 2 is 2.04 bits per heavy atom. The van der Waals surface area contributed by atoms with Crippen LogP contribution in [0.25, 0.3) is 0 Å². The lowest BCUT2D eigenvalue weighted by Crippen LogP contribution is -2.32. The van der Waals surface area contributed by atoms with Gasteiger partial charge in [0.25, 0.3) is 11.6 Å². The molecule has 2 aliphatic heterocycles. The normalized spacial score (nSPS) is 19.8. The molecule has 1 amide bonds. The molecule has 1 aromatic carbocycles. The van der Waals surface area contributed by atoms with E-state index in [-0.39, 0.29) is 17.6 Å². The molecular formula is C18H21N5O3. The molecule has 1 atom stereocenters. The number of rotatable bonds is 3. The molecule has 1 unspecified atom stereocenters. The SMILES string of the molecule is O=C(c1cccc([N+](=O)[O-])c1)N1CCCC1c1nnc2n1CCCCC2. The van der Waals surface area contributed by atoms with Crippen LogP contribution in [0.15, 0.2) is 24.3 Å². The third-order valence-electron chi connectivity index (χ3n) is 5.25. The number of amides is 1. The van der Waals surface area contributed by atoms with Crippen LogP contribution in [0.4, 0.5) is 5.69 Å². The summed E-state index contributed by atoms with van der Waals surface area (Å²) in [5.74, 6) is 1.69. The Morgan fingerprint density at radius 1 is 1.15 bits per heavy atom. The topological polar surface area (TPSA) is 94.2 Å². The van der Waals surface area contributed by atoms with Gasteiger partial charge in [-0.1, -0.05) is 12.5 Å². The van der Waals surface area contributed by atoms with E-state index >= 15 is 0 Å². The standard InChI is InChI=1S/C18H21N5O3/c24-18(13-6-4-7-14(12-13)23(25)26)21-11-5-8-15(21)17-20-19-16-9-2-1-3-10-22(16)17/h4,6-7,12,15H,1-3,5,8-11H2. The van der Waals surface area contributed by atoms with Crippen LogP contribution in [0.5, 0.6) is 0 Å². The van der Waals surface area contributed by atoms with Gasteiger partial charge in [0.2, 0.25) is 0 Å². The first kappa shape index (κ1) is 16.7. The molecule has 0 aliphatic carbocycles. The maximum absolute atomic E-state index is 13.0. The van der Waals surface area contributed by atoms with Crippen LogP contribution in [-0.4, -0.2) is 37.0 Å². The van der Waals surface area contributed by atoms with Gasteiger partial charge in [-0.3, -0.25) is 14.9 Å². The first-order chi connectivity index (χ1) is 12.6. The minimum Gasteiger partial charge on any atom is -0.328 e. The Balaban J connectivity index is 1.63. The number of likely N-dealkylation sites (tertiary alicyclic amines) is 1. The maximum Gasteiger partial charge on any atom is 0.270 e. The second-order valence-electron chi connectivity index (χ2n) is 6.90. The first-order valence-electron chi connectivity index (χ1n) is 9.12. The summed E-state index contributed by atoms with van der Waals surface area (Å²) in [5, 5.41) is 19.8. The molecule has 26 heavy (non-hydrogen) atoms. The van der Waals surface area contributed by atoms with Crippen molar-refractivity contribution >= 4 is 11.6 Å². The number of carbonyl (C=O) groups excluding carboxylic acids is 1. The summed E-state index contributed by atoms with van der Waals surface area (Å²) in [5.41, 5.74) is 0.282. The molecule has 0 bridgehead atoms. The average molecular weight is 355 g/mol. The minimum atomic E-state index is -0.476. The Bertz CT molecular complexity index is 847. The van der Waals surface area contributed by atoms with Crippen molar-refractivity contribution in [1.29, 1.82) is 0 Å². The highest BCUT2D eigenvalue weighted by molar-refractivity contribution is 5.95. The number of aromatic nitrogens is 3. The van der Waals surface area contributed by atoms with Gasteiger partial charge in [0.05, 0.1) is 11.0 Å². The van der Waals surface area contributed by atoms with Gasteiger partial charge in [0.15, 0.2) is 5.82 Å². The molecule has 1 fully saturated rings. The predicted octanol–water partition coefficient (Wildman–Crippen LogP) is 2.89. The van der Waals surface area contributed by atoms with Crippen molar-refractivity contribution in [3.8, 4) is 0 Å². The molecule has 3 heterocycles. The van der Waals surface area contributed by atoms with Crippen molar-refractivity contribution in [2.24, 2.45) is 0 Å². The zero-order chi connectivity index (χ0) is 18.1. The van der Waals surface area contributed by atoms with E-state index < -0.39 is 4.92 Å². The molecule has 0 spiro atoms. The Hall–Kier alpha value is -2.77. The van der Waals surface area contributed by atoms with E-state index in [1.807, 2.05) is 0 Å². The summed E-state index contributed by atoms with van der Waals surface area (Å²) < 4.78 is 2.18. The highest BCUT2D eigenvalue weighted by atomic mass is 16.6. The smallest absolute Gasteiger partial charge is 0.270 e. The monoisotopic (exact) mass is 355 g/mol. The largest absolute Gasteiger partial charge is 0.328 e. The Kier molecular flexibility index (Phi) is 4.40. The van der Waals surface area contributed by atoms with E-state index in [0.717, 1.165) is 50.3 Å². The van der Waals surface area contributed by atoms with Gasteiger partial charge in [0, 0.05) is 37.2 Å². The van der Waals surface area contributed by atoms with Crippen LogP contribution in [0.2, 0.25) is 0 Å². The number of aryl methyl sites for hydroxylation is 1. The molecule has 4 rings (SSSR count). The Labute approximate surface area is 151 Å². The van der Waals surface area contributed by atoms with Crippen molar-refractivity contribution in [2.75, 3.05) is 6.54 Å². The Morgan fingerprint density at radius 3 is 2.88 bits per heavy atom. The summed E-state index contributed by atoms with van der Waals surface area (Å²) in [6.45, 7) is 1.53. The van der Waals surface area contributed by atoms with Crippen molar-refractivity contribution < 1.29 is 9.72 Å². The molecule has 136 valence electrons. The molecule has 0 N–H and O–H groups in total. The summed E-state index contributed by atoms with van der Waals surface area (Å²) >= 11 is 0. The average Bonchev–Trinajstić information content (AvgIpc) is 3.22. The molecule has 8 heteroatoms. The van der Waals surface area contributed by atoms with Crippen molar-refractivity contribution in [2.45, 2.75) is 51.1 Å². The van der Waals surface area contributed by atoms with E-state index in [1.165, 1.54) is 18.6 Å². The molecule has 2 aliphatic rings. The first-order valence-corrected chi connectivity index (χ1v) is 9.12. The molecule has 2 aromatic rings. The van der Waals surface area contributed by atoms with E-state index in [9.17, 15) is 14.9 Å². The van der Waals surface area contributed by atoms with Gasteiger partial charge in [0.1, 0.15) is 5.82 Å². The van der Waals surface area contributed by atoms with Crippen LogP contribution in [-0.2, 0) is 13.0 Å². The summed E-state index contributed by atoms with van der Waals surface area (Å²) in [6.07, 6.45) is 6.08. The van der Waals surface area contributed by atoms with E-state index in [4.69, 9.17) is 0 Å². The summed E-state index contributed by atoms with van der Waals surface area (Å²) in [6, 6.07) is 5.83. The molecule has 0 radical (unpaired) electrons. The minimum absolute atomic E-state index is 0.0667. The van der Waals surface area contributed by atoms with Gasteiger partial charge >= 0.3 is 0 Å². The number of nitrogens with zero attached hydrogens (tertiary/aromatic N) is 5. The van der Waals surface area contributed by atoms with Crippen LogP contribution in [0.1, 0.15) is 60.2 Å². The molecular weight excluding hydrogens is 334 g/mol. The third-order valence-corrected chi connectivity index (χ3v) is 5.25. The van der Waals surface area contributed by atoms with Crippen molar-refractivity contribution in [1.82, 2.24) is 19.7 Å². The number of hydrogen-bond acceptors (Lipinski definition) is 5. The lowest BCUT2D eigenvalue weighted by Gasteiger charge is -2.24. The number of fused-ring (bicyclic) bond motifs is 1. The van der Waals surface area contributed by atoms with Crippen molar-refractivity contribution in [3.63, 3.8) is 0 Å². The second kappa shape index (κ2) is 6.86. The highest BCUT2D eigenvalue weighted by Gasteiger charge is 2.35. The molecule has 1 aromatic heterocycles. The quantitative estimate of drug-likeness (QED) is 0.623. The maximum atomic E-state index is 13.0. The summed E-state index contributed by atoms with van der Waals surface area (Å²) in [4.78, 5) is 25.3. The van der Waals surface area contributed by atoms with Crippen LogP contribution in [0, 0.1) is 10.1 Å². The fourth-order valence-corrected chi connectivity index (χ4v) is 3.95. The number of carbonyl (C=O) groups is 1. The second-order valence-corrected chi connectivity index (χ2v) is 6.90. The number of hydrogen-bond donors (Lipinski definition) is 0. The third kappa shape index (κ3) is 2.95. The van der Waals surface area contributed by atoms with Crippen LogP contribution >= 0.6 is 0 Å². The van der Waals surface area contributed by atoms with Crippen LogP contribution < -0.4 is 0 Å². The van der Waals surface area contributed by atoms with E-state index in [2.05, 4.69) is 14.8 Å². The number of benzene rings is 1. The lowest BCUT2D eigenvalue weighted by atomic mass is 10.1. The highest BCUT2D eigenvalue weighted by Crippen LogP contribution is 2.33. The molecule has 8 nitrogen and oxygen atoms in total. The number of non-ortho nitro benzene ring substituents is 1. The van der Waals surface area contributed by atoms with Gasteiger partial charge in [-0.2, -0.15) is 0 Å². The van der Waals surface area contributed by atoms with Gasteiger partial charge in [-0.15, -0.1) is 10.2 Å².